The minimum absolute atomic E-state index is 0.133. The lowest BCUT2D eigenvalue weighted by Crippen LogP contribution is -2.33. The zero-order valence-corrected chi connectivity index (χ0v) is 10.8. The molecule has 1 aromatic heterocycles. The summed E-state index contributed by atoms with van der Waals surface area (Å²) in [5, 5.41) is 6.27. The van der Waals surface area contributed by atoms with Gasteiger partial charge in [-0.15, -0.1) is 0 Å². The van der Waals surface area contributed by atoms with Crippen LogP contribution in [0.15, 0.2) is 12.4 Å². The summed E-state index contributed by atoms with van der Waals surface area (Å²) in [7, 11) is 0. The second kappa shape index (κ2) is 6.44. The van der Waals surface area contributed by atoms with E-state index < -0.39 is 0 Å². The van der Waals surface area contributed by atoms with Crippen LogP contribution < -0.4 is 10.6 Å². The van der Waals surface area contributed by atoms with E-state index in [0.29, 0.717) is 18.2 Å². The van der Waals surface area contributed by atoms with Crippen molar-refractivity contribution in [1.82, 2.24) is 20.6 Å². The molecule has 2 heterocycles. The van der Waals surface area contributed by atoms with Gasteiger partial charge in [-0.1, -0.05) is 0 Å². The number of aryl methyl sites for hydroxylation is 1. The normalized spacial score (nSPS) is 19.5. The third-order valence-corrected chi connectivity index (χ3v) is 3.25. The highest BCUT2D eigenvalue weighted by atomic mass is 16.1. The number of carbonyl (C=O) groups is 1. The first-order chi connectivity index (χ1) is 8.75. The Morgan fingerprint density at radius 3 is 3.06 bits per heavy atom. The Morgan fingerprint density at radius 1 is 1.50 bits per heavy atom. The first kappa shape index (κ1) is 13.0. The van der Waals surface area contributed by atoms with Crippen LogP contribution in [0, 0.1) is 12.8 Å². The van der Waals surface area contributed by atoms with Crippen LogP contribution in [0.5, 0.6) is 0 Å². The molecule has 1 aliphatic heterocycles. The van der Waals surface area contributed by atoms with Crippen LogP contribution in [0.25, 0.3) is 0 Å². The molecule has 18 heavy (non-hydrogen) atoms. The van der Waals surface area contributed by atoms with Gasteiger partial charge in [-0.3, -0.25) is 9.78 Å². The van der Waals surface area contributed by atoms with Gasteiger partial charge in [-0.25, -0.2) is 4.98 Å². The molecule has 0 bridgehead atoms. The lowest BCUT2D eigenvalue weighted by atomic mass is 9.96. The Bertz CT molecular complexity index is 384. The fourth-order valence-electron chi connectivity index (χ4n) is 2.16. The molecule has 1 amide bonds. The molecule has 1 unspecified atom stereocenters. The van der Waals surface area contributed by atoms with Gasteiger partial charge in [0.05, 0.1) is 11.9 Å². The van der Waals surface area contributed by atoms with Gasteiger partial charge in [0, 0.05) is 12.7 Å². The van der Waals surface area contributed by atoms with Gasteiger partial charge in [0.25, 0.3) is 5.91 Å². The van der Waals surface area contributed by atoms with Crippen molar-refractivity contribution in [1.29, 1.82) is 0 Å². The summed E-state index contributed by atoms with van der Waals surface area (Å²) >= 11 is 0. The Balaban J connectivity index is 1.72. The number of hydrogen-bond acceptors (Lipinski definition) is 4. The van der Waals surface area contributed by atoms with Crippen LogP contribution in [0.2, 0.25) is 0 Å². The van der Waals surface area contributed by atoms with Gasteiger partial charge in [0.2, 0.25) is 0 Å². The van der Waals surface area contributed by atoms with Crippen molar-refractivity contribution in [2.24, 2.45) is 5.92 Å². The van der Waals surface area contributed by atoms with Gasteiger partial charge in [-0.2, -0.15) is 0 Å². The molecular weight excluding hydrogens is 228 g/mol. The summed E-state index contributed by atoms with van der Waals surface area (Å²) < 4.78 is 0. The fraction of sp³-hybridized carbons (Fsp3) is 0.615. The van der Waals surface area contributed by atoms with E-state index in [9.17, 15) is 4.79 Å². The lowest BCUT2D eigenvalue weighted by Gasteiger charge is -2.22. The van der Waals surface area contributed by atoms with E-state index in [2.05, 4.69) is 20.6 Å². The predicted octanol–water partition coefficient (Wildman–Crippen LogP) is 0.905. The summed E-state index contributed by atoms with van der Waals surface area (Å²) in [5.74, 6) is 0.550. The molecule has 5 nitrogen and oxygen atoms in total. The van der Waals surface area contributed by atoms with Gasteiger partial charge >= 0.3 is 0 Å². The number of hydrogen-bond donors (Lipinski definition) is 2. The van der Waals surface area contributed by atoms with E-state index in [1.54, 1.807) is 6.20 Å². The minimum atomic E-state index is -0.133. The Kier molecular flexibility index (Phi) is 4.64. The van der Waals surface area contributed by atoms with Crippen molar-refractivity contribution in [2.45, 2.75) is 26.2 Å². The van der Waals surface area contributed by atoms with Crippen LogP contribution in [0.4, 0.5) is 0 Å². The predicted molar refractivity (Wildman–Crippen MR) is 69.3 cm³/mol. The van der Waals surface area contributed by atoms with Crippen LogP contribution in [-0.2, 0) is 0 Å². The summed E-state index contributed by atoms with van der Waals surface area (Å²) in [4.78, 5) is 19.9. The Labute approximate surface area is 107 Å². The quantitative estimate of drug-likeness (QED) is 0.831. The van der Waals surface area contributed by atoms with Gasteiger partial charge in [0.15, 0.2) is 0 Å². The van der Waals surface area contributed by atoms with Crippen molar-refractivity contribution in [3.8, 4) is 0 Å². The maximum Gasteiger partial charge on any atom is 0.271 e. The molecule has 0 aromatic carbocycles. The Morgan fingerprint density at radius 2 is 2.39 bits per heavy atom. The lowest BCUT2D eigenvalue weighted by molar-refractivity contribution is 0.0945. The minimum Gasteiger partial charge on any atom is -0.351 e. The van der Waals surface area contributed by atoms with Crippen molar-refractivity contribution in [3.05, 3.63) is 23.8 Å². The molecule has 98 valence electrons. The van der Waals surface area contributed by atoms with Crippen LogP contribution >= 0.6 is 0 Å². The summed E-state index contributed by atoms with van der Waals surface area (Å²) in [6.45, 7) is 4.76. The highest BCUT2D eigenvalue weighted by Crippen LogP contribution is 2.12. The standard InChI is InChI=1S/C13H20N4O/c1-10-7-17-12(9-16-10)13(18)15-6-4-11-3-2-5-14-8-11/h7,9,11,14H,2-6,8H2,1H3,(H,15,18). The SMILES string of the molecule is Cc1cnc(C(=O)NCCC2CCCNC2)cn1. The average Bonchev–Trinajstić information content (AvgIpc) is 2.40. The topological polar surface area (TPSA) is 66.9 Å². The average molecular weight is 248 g/mol. The number of rotatable bonds is 4. The van der Waals surface area contributed by atoms with Crippen LogP contribution in [0.3, 0.4) is 0 Å². The van der Waals surface area contributed by atoms with Crippen molar-refractivity contribution in [2.75, 3.05) is 19.6 Å². The first-order valence-corrected chi connectivity index (χ1v) is 6.53. The zero-order valence-electron chi connectivity index (χ0n) is 10.8. The largest absolute Gasteiger partial charge is 0.351 e. The third-order valence-electron chi connectivity index (χ3n) is 3.25. The number of piperidine rings is 1. The molecule has 1 saturated heterocycles. The first-order valence-electron chi connectivity index (χ1n) is 6.53. The molecule has 5 heteroatoms. The molecular formula is C13H20N4O. The van der Waals surface area contributed by atoms with Crippen LogP contribution in [0.1, 0.15) is 35.4 Å². The number of carbonyl (C=O) groups excluding carboxylic acids is 1. The maximum absolute atomic E-state index is 11.8. The highest BCUT2D eigenvalue weighted by Gasteiger charge is 2.13. The molecule has 1 aliphatic rings. The van der Waals surface area contributed by atoms with E-state index >= 15 is 0 Å². The molecule has 0 spiro atoms. The number of aromatic nitrogens is 2. The maximum atomic E-state index is 11.8. The molecule has 0 aliphatic carbocycles. The van der Waals surface area contributed by atoms with Crippen molar-refractivity contribution in [3.63, 3.8) is 0 Å². The molecule has 1 fully saturated rings. The molecule has 0 saturated carbocycles. The van der Waals surface area contributed by atoms with Crippen molar-refractivity contribution >= 4 is 5.91 Å². The fourth-order valence-corrected chi connectivity index (χ4v) is 2.16. The van der Waals surface area contributed by atoms with E-state index in [1.807, 2.05) is 6.92 Å². The second-order valence-electron chi connectivity index (χ2n) is 4.80. The summed E-state index contributed by atoms with van der Waals surface area (Å²) in [6, 6.07) is 0. The number of nitrogens with zero attached hydrogens (tertiary/aromatic N) is 2. The smallest absolute Gasteiger partial charge is 0.271 e. The third kappa shape index (κ3) is 3.77. The summed E-state index contributed by atoms with van der Waals surface area (Å²) in [5.41, 5.74) is 1.21. The zero-order chi connectivity index (χ0) is 12.8. The monoisotopic (exact) mass is 248 g/mol. The van der Waals surface area contributed by atoms with Gasteiger partial charge < -0.3 is 10.6 Å². The summed E-state index contributed by atoms with van der Waals surface area (Å²) in [6.07, 6.45) is 6.65. The molecule has 1 aromatic rings. The van der Waals surface area contributed by atoms with Crippen molar-refractivity contribution < 1.29 is 4.79 Å². The number of amides is 1. The molecule has 2 N–H and O–H groups in total. The van der Waals surface area contributed by atoms with E-state index in [4.69, 9.17) is 0 Å². The number of nitrogens with one attached hydrogen (secondary N) is 2. The van der Waals surface area contributed by atoms with E-state index in [1.165, 1.54) is 19.0 Å². The molecule has 1 atom stereocenters. The Hall–Kier alpha value is -1.49. The van der Waals surface area contributed by atoms with Gasteiger partial charge in [0.1, 0.15) is 5.69 Å². The van der Waals surface area contributed by atoms with E-state index in [-0.39, 0.29) is 5.91 Å². The van der Waals surface area contributed by atoms with Crippen LogP contribution in [-0.4, -0.2) is 35.5 Å². The highest BCUT2D eigenvalue weighted by molar-refractivity contribution is 5.91. The second-order valence-corrected chi connectivity index (χ2v) is 4.80. The molecule has 2 rings (SSSR count). The van der Waals surface area contributed by atoms with Gasteiger partial charge in [-0.05, 0) is 45.2 Å². The van der Waals surface area contributed by atoms with E-state index in [0.717, 1.165) is 25.2 Å². The molecule has 0 radical (unpaired) electrons.